The molecule has 0 aromatic heterocycles. The molecule has 1 aliphatic heterocycles. The Balaban J connectivity index is 0.000000481. The largest absolute Gasteiger partial charge is 0.484 e. The van der Waals surface area contributed by atoms with Gasteiger partial charge in [0.25, 0.3) is 5.91 Å². The maximum absolute atomic E-state index is 13.0. The molecule has 0 atom stereocenters. The standard InChI is InChI=1S/C23H23FN2O2.C2H2O4/c24-21-8-5-18(6-9-21)16-25-11-13-26(14-12-25)23(27)17-28-22-10-7-19-3-1-2-4-20(19)15-22;3-1(4)2(5)6/h1-10,15H,11-14,16-17H2;(H,3,4)(H,5,6). The molecular formula is C25H25FN2O6. The average molecular weight is 468 g/mol. The first kappa shape index (κ1) is 24.7. The highest BCUT2D eigenvalue weighted by Gasteiger charge is 2.21. The number of fused-ring (bicyclic) bond motifs is 1. The zero-order chi connectivity index (χ0) is 24.5. The van der Waals surface area contributed by atoms with Crippen LogP contribution in [0.25, 0.3) is 10.8 Å². The molecule has 9 heteroatoms. The Morgan fingerprint density at radius 1 is 0.824 bits per heavy atom. The van der Waals surface area contributed by atoms with Crippen LogP contribution in [0.4, 0.5) is 4.39 Å². The molecule has 0 radical (unpaired) electrons. The third-order valence-electron chi connectivity index (χ3n) is 5.31. The molecule has 1 saturated heterocycles. The first-order chi connectivity index (χ1) is 16.3. The Kier molecular flexibility index (Phi) is 8.53. The minimum atomic E-state index is -1.82. The van der Waals surface area contributed by atoms with Gasteiger partial charge < -0.3 is 19.8 Å². The van der Waals surface area contributed by atoms with E-state index in [4.69, 9.17) is 24.5 Å². The van der Waals surface area contributed by atoms with E-state index in [0.717, 1.165) is 36.0 Å². The number of halogens is 1. The molecule has 0 spiro atoms. The SMILES string of the molecule is O=C(COc1ccc2ccccc2c1)N1CCN(Cc2ccc(F)cc2)CC1.O=C(O)C(=O)O. The van der Waals surface area contributed by atoms with Crippen molar-refractivity contribution in [3.05, 3.63) is 78.1 Å². The van der Waals surface area contributed by atoms with E-state index in [9.17, 15) is 9.18 Å². The minimum absolute atomic E-state index is 0.00888. The van der Waals surface area contributed by atoms with Crippen molar-refractivity contribution < 1.29 is 33.7 Å². The summed E-state index contributed by atoms with van der Waals surface area (Å²) < 4.78 is 18.7. The molecule has 1 heterocycles. The van der Waals surface area contributed by atoms with Gasteiger partial charge in [0.1, 0.15) is 11.6 Å². The zero-order valence-electron chi connectivity index (χ0n) is 18.4. The maximum Gasteiger partial charge on any atom is 0.414 e. The molecule has 1 aliphatic rings. The van der Waals surface area contributed by atoms with E-state index in [0.29, 0.717) is 18.8 Å². The van der Waals surface area contributed by atoms with E-state index >= 15 is 0 Å². The highest BCUT2D eigenvalue weighted by Crippen LogP contribution is 2.20. The van der Waals surface area contributed by atoms with Gasteiger partial charge in [-0.2, -0.15) is 0 Å². The molecule has 3 aromatic carbocycles. The molecule has 1 amide bonds. The molecule has 34 heavy (non-hydrogen) atoms. The van der Waals surface area contributed by atoms with Gasteiger partial charge >= 0.3 is 11.9 Å². The van der Waals surface area contributed by atoms with Crippen LogP contribution in [-0.2, 0) is 20.9 Å². The number of carbonyl (C=O) groups is 3. The van der Waals surface area contributed by atoms with E-state index in [1.165, 1.54) is 12.1 Å². The summed E-state index contributed by atoms with van der Waals surface area (Å²) in [6.07, 6.45) is 0. The Morgan fingerprint density at radius 2 is 1.44 bits per heavy atom. The second-order valence-corrected chi connectivity index (χ2v) is 7.69. The molecule has 178 valence electrons. The van der Waals surface area contributed by atoms with Crippen LogP contribution in [0.3, 0.4) is 0 Å². The smallest absolute Gasteiger partial charge is 0.414 e. The summed E-state index contributed by atoms with van der Waals surface area (Å²) in [5.41, 5.74) is 1.08. The molecule has 0 bridgehead atoms. The van der Waals surface area contributed by atoms with Gasteiger partial charge in [-0.3, -0.25) is 9.69 Å². The second-order valence-electron chi connectivity index (χ2n) is 7.69. The number of aliphatic carboxylic acids is 2. The molecule has 0 unspecified atom stereocenters. The lowest BCUT2D eigenvalue weighted by Crippen LogP contribution is -2.49. The van der Waals surface area contributed by atoms with Crippen LogP contribution in [0, 0.1) is 5.82 Å². The second kappa shape index (κ2) is 11.8. The van der Waals surface area contributed by atoms with Gasteiger partial charge in [0.15, 0.2) is 6.61 Å². The molecule has 4 rings (SSSR count). The van der Waals surface area contributed by atoms with Gasteiger partial charge in [0.2, 0.25) is 0 Å². The van der Waals surface area contributed by atoms with Crippen molar-refractivity contribution in [2.45, 2.75) is 6.54 Å². The predicted molar refractivity (Wildman–Crippen MR) is 123 cm³/mol. The summed E-state index contributed by atoms with van der Waals surface area (Å²) in [5.74, 6) is -3.15. The fourth-order valence-corrected chi connectivity index (χ4v) is 3.50. The van der Waals surface area contributed by atoms with Crippen molar-refractivity contribution in [3.8, 4) is 5.75 Å². The van der Waals surface area contributed by atoms with Gasteiger partial charge in [-0.25, -0.2) is 14.0 Å². The lowest BCUT2D eigenvalue weighted by molar-refractivity contribution is -0.159. The number of rotatable bonds is 5. The van der Waals surface area contributed by atoms with Crippen LogP contribution in [0.15, 0.2) is 66.7 Å². The van der Waals surface area contributed by atoms with Crippen molar-refractivity contribution in [1.29, 1.82) is 0 Å². The number of carboxylic acids is 2. The van der Waals surface area contributed by atoms with E-state index < -0.39 is 11.9 Å². The van der Waals surface area contributed by atoms with Gasteiger partial charge in [0.05, 0.1) is 0 Å². The monoisotopic (exact) mass is 468 g/mol. The molecule has 8 nitrogen and oxygen atoms in total. The molecule has 1 fully saturated rings. The third kappa shape index (κ3) is 7.28. The number of carbonyl (C=O) groups excluding carboxylic acids is 1. The Hall–Kier alpha value is -3.98. The first-order valence-corrected chi connectivity index (χ1v) is 10.6. The Bertz CT molecular complexity index is 1130. The van der Waals surface area contributed by atoms with Crippen molar-refractivity contribution in [2.24, 2.45) is 0 Å². The highest BCUT2D eigenvalue weighted by molar-refractivity contribution is 6.27. The summed E-state index contributed by atoms with van der Waals surface area (Å²) in [5, 5.41) is 17.0. The number of piperazine rings is 1. The van der Waals surface area contributed by atoms with E-state index in [1.54, 1.807) is 0 Å². The van der Waals surface area contributed by atoms with Gasteiger partial charge in [-0.1, -0.05) is 42.5 Å². The Labute approximate surface area is 195 Å². The molecule has 2 N–H and O–H groups in total. The number of amides is 1. The van der Waals surface area contributed by atoms with Crippen molar-refractivity contribution in [1.82, 2.24) is 9.80 Å². The van der Waals surface area contributed by atoms with Gasteiger partial charge in [0, 0.05) is 32.7 Å². The minimum Gasteiger partial charge on any atom is -0.484 e. The van der Waals surface area contributed by atoms with Crippen molar-refractivity contribution in [3.63, 3.8) is 0 Å². The quantitative estimate of drug-likeness (QED) is 0.555. The first-order valence-electron chi connectivity index (χ1n) is 10.6. The van der Waals surface area contributed by atoms with Crippen LogP contribution in [0.5, 0.6) is 5.75 Å². The van der Waals surface area contributed by atoms with E-state index in [2.05, 4.69) is 11.0 Å². The third-order valence-corrected chi connectivity index (χ3v) is 5.31. The topological polar surface area (TPSA) is 107 Å². The normalized spacial score (nSPS) is 13.6. The van der Waals surface area contributed by atoms with Crippen molar-refractivity contribution in [2.75, 3.05) is 32.8 Å². The van der Waals surface area contributed by atoms with Gasteiger partial charge in [-0.05, 0) is 40.6 Å². The number of ether oxygens (including phenoxy) is 1. The van der Waals surface area contributed by atoms with Gasteiger partial charge in [-0.15, -0.1) is 0 Å². The van der Waals surface area contributed by atoms with Crippen molar-refractivity contribution >= 4 is 28.6 Å². The molecule has 3 aromatic rings. The zero-order valence-corrected chi connectivity index (χ0v) is 18.4. The number of nitrogens with zero attached hydrogens (tertiary/aromatic N) is 2. The molecular weight excluding hydrogens is 443 g/mol. The Morgan fingerprint density at radius 3 is 2.06 bits per heavy atom. The van der Waals surface area contributed by atoms with Crippen LogP contribution >= 0.6 is 0 Å². The lowest BCUT2D eigenvalue weighted by atomic mass is 10.1. The predicted octanol–water partition coefficient (Wildman–Crippen LogP) is 2.86. The highest BCUT2D eigenvalue weighted by atomic mass is 19.1. The number of hydrogen-bond acceptors (Lipinski definition) is 5. The number of hydrogen-bond donors (Lipinski definition) is 2. The van der Waals surface area contributed by atoms with Crippen LogP contribution in [-0.4, -0.2) is 70.6 Å². The number of benzene rings is 3. The molecule has 0 saturated carbocycles. The van der Waals surface area contributed by atoms with Crippen LogP contribution < -0.4 is 4.74 Å². The fourth-order valence-electron chi connectivity index (χ4n) is 3.50. The summed E-state index contributed by atoms with van der Waals surface area (Å²) in [6.45, 7) is 3.80. The summed E-state index contributed by atoms with van der Waals surface area (Å²) >= 11 is 0. The lowest BCUT2D eigenvalue weighted by Gasteiger charge is -2.34. The van der Waals surface area contributed by atoms with E-state index in [-0.39, 0.29) is 18.3 Å². The van der Waals surface area contributed by atoms with E-state index in [1.807, 2.05) is 53.4 Å². The molecule has 0 aliphatic carbocycles. The fraction of sp³-hybridized carbons (Fsp3) is 0.240. The maximum atomic E-state index is 13.0. The summed E-state index contributed by atoms with van der Waals surface area (Å²) in [6, 6.07) is 20.5. The summed E-state index contributed by atoms with van der Waals surface area (Å²) in [4.78, 5) is 34.8. The van der Waals surface area contributed by atoms with Crippen LogP contribution in [0.1, 0.15) is 5.56 Å². The van der Waals surface area contributed by atoms with Crippen LogP contribution in [0.2, 0.25) is 0 Å². The number of carboxylic acid groups (broad SMARTS) is 2. The average Bonchev–Trinajstić information content (AvgIpc) is 2.84. The summed E-state index contributed by atoms with van der Waals surface area (Å²) in [7, 11) is 0.